The number of amides is 2. The maximum Gasteiger partial charge on any atom is 0.321 e. The first-order valence-electron chi connectivity index (χ1n) is 9.37. The summed E-state index contributed by atoms with van der Waals surface area (Å²) in [5.41, 5.74) is 2.04. The Morgan fingerprint density at radius 2 is 1.68 bits per heavy atom. The zero-order valence-electron chi connectivity index (χ0n) is 16.1. The number of rotatable bonds is 7. The van der Waals surface area contributed by atoms with Crippen molar-refractivity contribution < 1.29 is 14.3 Å². The van der Waals surface area contributed by atoms with Crippen LogP contribution in [0.4, 0.5) is 4.79 Å². The van der Waals surface area contributed by atoms with Gasteiger partial charge < -0.3 is 14.5 Å². The van der Waals surface area contributed by atoms with Gasteiger partial charge in [0.05, 0.1) is 31.7 Å². The van der Waals surface area contributed by atoms with Crippen LogP contribution in [-0.2, 0) is 16.1 Å². The Bertz CT molecular complexity index is 800. The Morgan fingerprint density at radius 1 is 1.07 bits per heavy atom. The Labute approximate surface area is 170 Å². The van der Waals surface area contributed by atoms with Crippen LogP contribution in [0.2, 0.25) is 0 Å². The molecule has 1 heterocycles. The van der Waals surface area contributed by atoms with E-state index in [0.29, 0.717) is 6.54 Å². The third-order valence-electron chi connectivity index (χ3n) is 5.32. The predicted molar refractivity (Wildman–Crippen MR) is 109 cm³/mol. The van der Waals surface area contributed by atoms with Gasteiger partial charge in [-0.2, -0.15) is 0 Å². The van der Waals surface area contributed by atoms with Gasteiger partial charge in [-0.15, -0.1) is 11.6 Å². The van der Waals surface area contributed by atoms with Crippen LogP contribution in [0.25, 0.3) is 0 Å². The molecule has 1 aliphatic heterocycles. The molecule has 0 bridgehead atoms. The van der Waals surface area contributed by atoms with Gasteiger partial charge in [0.15, 0.2) is 0 Å². The average molecular weight is 401 g/mol. The number of benzene rings is 2. The minimum Gasteiger partial charge on any atom is -0.469 e. The van der Waals surface area contributed by atoms with E-state index in [1.807, 2.05) is 67.6 Å². The van der Waals surface area contributed by atoms with Crippen LogP contribution < -0.4 is 0 Å². The Balaban J connectivity index is 1.94. The molecule has 0 aliphatic carbocycles. The van der Waals surface area contributed by atoms with Crippen LogP contribution in [0.15, 0.2) is 60.7 Å². The van der Waals surface area contributed by atoms with Crippen molar-refractivity contribution in [3.05, 3.63) is 71.8 Å². The molecule has 2 amide bonds. The van der Waals surface area contributed by atoms with E-state index in [0.717, 1.165) is 11.1 Å². The minimum atomic E-state index is -0.347. The van der Waals surface area contributed by atoms with E-state index in [1.54, 1.807) is 9.80 Å². The summed E-state index contributed by atoms with van der Waals surface area (Å²) in [5.74, 6) is -0.101. The summed E-state index contributed by atoms with van der Waals surface area (Å²) in [6.07, 6.45) is 0.116. The van der Waals surface area contributed by atoms with Gasteiger partial charge in [-0.1, -0.05) is 60.7 Å². The molecule has 3 atom stereocenters. The highest BCUT2D eigenvalue weighted by atomic mass is 35.5. The SMILES string of the molecule is COC(=O)C[C@H]1[C@H](CCl)N([C@H](C)c2ccccc2)C(=O)N1Cc1ccccc1. The molecule has 0 aromatic heterocycles. The zero-order chi connectivity index (χ0) is 20.1. The molecule has 0 N–H and O–H groups in total. The number of halogens is 1. The molecule has 1 fully saturated rings. The fraction of sp³-hybridized carbons (Fsp3) is 0.364. The Kier molecular flexibility index (Phi) is 6.57. The van der Waals surface area contributed by atoms with Crippen LogP contribution in [0.3, 0.4) is 0 Å². The van der Waals surface area contributed by atoms with Crippen molar-refractivity contribution >= 4 is 23.6 Å². The van der Waals surface area contributed by atoms with Gasteiger partial charge in [-0.05, 0) is 18.1 Å². The van der Waals surface area contributed by atoms with E-state index >= 15 is 0 Å². The molecular weight excluding hydrogens is 376 g/mol. The molecule has 2 aromatic carbocycles. The van der Waals surface area contributed by atoms with Crippen molar-refractivity contribution in [1.82, 2.24) is 9.80 Å². The highest BCUT2D eigenvalue weighted by Gasteiger charge is 2.48. The van der Waals surface area contributed by atoms with Crippen molar-refractivity contribution in [2.24, 2.45) is 0 Å². The largest absolute Gasteiger partial charge is 0.469 e. The quantitative estimate of drug-likeness (QED) is 0.516. The van der Waals surface area contributed by atoms with Gasteiger partial charge in [-0.25, -0.2) is 4.79 Å². The second-order valence-corrected chi connectivity index (χ2v) is 7.27. The fourth-order valence-electron chi connectivity index (χ4n) is 3.81. The number of nitrogens with zero attached hydrogens (tertiary/aromatic N) is 2. The van der Waals surface area contributed by atoms with Gasteiger partial charge in [0.1, 0.15) is 0 Å². The molecule has 3 rings (SSSR count). The van der Waals surface area contributed by atoms with Crippen molar-refractivity contribution in [2.75, 3.05) is 13.0 Å². The lowest BCUT2D eigenvalue weighted by Gasteiger charge is -2.30. The summed E-state index contributed by atoms with van der Waals surface area (Å²) in [6.45, 7) is 2.42. The molecular formula is C22H25ClN2O3. The van der Waals surface area contributed by atoms with Crippen LogP contribution in [0.1, 0.15) is 30.5 Å². The molecule has 0 saturated carbocycles. The molecule has 1 aliphatic rings. The highest BCUT2D eigenvalue weighted by molar-refractivity contribution is 6.18. The van der Waals surface area contributed by atoms with E-state index in [9.17, 15) is 9.59 Å². The summed E-state index contributed by atoms with van der Waals surface area (Å²) < 4.78 is 4.88. The molecule has 28 heavy (non-hydrogen) atoms. The summed E-state index contributed by atoms with van der Waals surface area (Å²) in [6, 6.07) is 18.7. The standard InChI is InChI=1S/C22H25ClN2O3/c1-16(18-11-7-4-8-12-18)25-20(14-23)19(13-21(26)28-2)24(22(25)27)15-17-9-5-3-6-10-17/h3-12,16,19-20H,13-15H2,1-2H3/t16-,19+,20+/m1/s1. The van der Waals surface area contributed by atoms with Crippen molar-refractivity contribution in [3.63, 3.8) is 0 Å². The number of carbonyl (C=O) groups excluding carboxylic acids is 2. The highest BCUT2D eigenvalue weighted by Crippen LogP contribution is 2.35. The van der Waals surface area contributed by atoms with Crippen LogP contribution >= 0.6 is 11.6 Å². The van der Waals surface area contributed by atoms with Crippen LogP contribution in [0, 0.1) is 0 Å². The van der Waals surface area contributed by atoms with E-state index in [1.165, 1.54) is 7.11 Å². The lowest BCUT2D eigenvalue weighted by Crippen LogP contribution is -2.41. The topological polar surface area (TPSA) is 49.9 Å². The van der Waals surface area contributed by atoms with E-state index < -0.39 is 0 Å². The predicted octanol–water partition coefficient (Wildman–Crippen LogP) is 4.22. The maximum atomic E-state index is 13.4. The van der Waals surface area contributed by atoms with Gasteiger partial charge in [0, 0.05) is 12.4 Å². The first-order valence-corrected chi connectivity index (χ1v) is 9.90. The molecule has 2 aromatic rings. The first-order chi connectivity index (χ1) is 13.6. The number of hydrogen-bond acceptors (Lipinski definition) is 3. The van der Waals surface area contributed by atoms with Gasteiger partial charge in [-0.3, -0.25) is 4.79 Å². The molecule has 1 saturated heterocycles. The van der Waals surface area contributed by atoms with Gasteiger partial charge in [0.2, 0.25) is 0 Å². The maximum absolute atomic E-state index is 13.4. The molecule has 6 heteroatoms. The summed E-state index contributed by atoms with van der Waals surface area (Å²) in [4.78, 5) is 29.0. The third kappa shape index (κ3) is 4.14. The molecule has 5 nitrogen and oxygen atoms in total. The summed E-state index contributed by atoms with van der Waals surface area (Å²) in [7, 11) is 1.36. The smallest absolute Gasteiger partial charge is 0.321 e. The monoisotopic (exact) mass is 400 g/mol. The van der Waals surface area contributed by atoms with E-state index in [-0.39, 0.29) is 42.4 Å². The lowest BCUT2D eigenvalue weighted by atomic mass is 10.0. The lowest BCUT2D eigenvalue weighted by molar-refractivity contribution is -0.141. The number of carbonyl (C=O) groups is 2. The molecule has 148 valence electrons. The van der Waals surface area contributed by atoms with E-state index in [2.05, 4.69) is 0 Å². The number of hydrogen-bond donors (Lipinski definition) is 0. The Morgan fingerprint density at radius 3 is 2.25 bits per heavy atom. The second-order valence-electron chi connectivity index (χ2n) is 6.96. The van der Waals surface area contributed by atoms with Crippen molar-refractivity contribution in [1.29, 1.82) is 0 Å². The molecule has 0 radical (unpaired) electrons. The fourth-order valence-corrected chi connectivity index (χ4v) is 4.17. The van der Waals surface area contributed by atoms with Gasteiger partial charge >= 0.3 is 12.0 Å². The summed E-state index contributed by atoms with van der Waals surface area (Å²) >= 11 is 6.32. The average Bonchev–Trinajstić information content (AvgIpc) is 2.99. The molecule has 0 unspecified atom stereocenters. The van der Waals surface area contributed by atoms with Crippen LogP contribution in [0.5, 0.6) is 0 Å². The van der Waals surface area contributed by atoms with Crippen LogP contribution in [-0.4, -0.2) is 46.9 Å². The second kappa shape index (κ2) is 9.11. The molecule has 0 spiro atoms. The number of alkyl halides is 1. The minimum absolute atomic E-state index is 0.111. The number of urea groups is 1. The first kappa shape index (κ1) is 20.2. The van der Waals surface area contributed by atoms with E-state index in [4.69, 9.17) is 16.3 Å². The zero-order valence-corrected chi connectivity index (χ0v) is 16.9. The normalized spacial score (nSPS) is 20.3. The Hall–Kier alpha value is -2.53. The summed E-state index contributed by atoms with van der Waals surface area (Å²) in [5, 5.41) is 0. The number of esters is 1. The van der Waals surface area contributed by atoms with Crippen molar-refractivity contribution in [3.8, 4) is 0 Å². The number of ether oxygens (including phenoxy) is 1. The van der Waals surface area contributed by atoms with Crippen molar-refractivity contribution in [2.45, 2.75) is 38.0 Å². The van der Waals surface area contributed by atoms with Gasteiger partial charge in [0.25, 0.3) is 0 Å². The third-order valence-corrected chi connectivity index (χ3v) is 5.64. The number of methoxy groups -OCH3 is 1.